The van der Waals surface area contributed by atoms with Gasteiger partial charge in [-0.25, -0.2) is 3.63 Å². The second kappa shape index (κ2) is 17.7. The van der Waals surface area contributed by atoms with Gasteiger partial charge in [0.1, 0.15) is 5.75 Å². The maximum atomic E-state index is 11.6. The van der Waals surface area contributed by atoms with E-state index in [1.807, 2.05) is 36.8 Å². The number of hydrogen-bond acceptors (Lipinski definition) is 4. The molecule has 0 heterocycles. The summed E-state index contributed by atoms with van der Waals surface area (Å²) in [5.74, 6) is 0.738. The van der Waals surface area contributed by atoms with Gasteiger partial charge in [-0.3, -0.25) is 0 Å². The van der Waals surface area contributed by atoms with Gasteiger partial charge < -0.3 is 4.74 Å². The van der Waals surface area contributed by atoms with Crippen molar-refractivity contribution in [2.24, 2.45) is 0 Å². The summed E-state index contributed by atoms with van der Waals surface area (Å²) in [4.78, 5) is 0.840. The van der Waals surface area contributed by atoms with Crippen LogP contribution in [0.1, 0.15) is 110 Å². The molecule has 0 aliphatic heterocycles. The Labute approximate surface area is 206 Å². The van der Waals surface area contributed by atoms with E-state index in [-0.39, 0.29) is 0 Å². The molecular formula is C27H50O4S2. The van der Waals surface area contributed by atoms with E-state index in [9.17, 15) is 8.42 Å². The Bertz CT molecular complexity index is 717. The highest BCUT2D eigenvalue weighted by Gasteiger charge is 2.24. The lowest BCUT2D eigenvalue weighted by molar-refractivity contribution is 0.297. The molecule has 0 N–H and O–H groups in total. The molecule has 0 radical (unpaired) electrons. The summed E-state index contributed by atoms with van der Waals surface area (Å²) >= 11 is 0. The third-order valence-corrected chi connectivity index (χ3v) is 9.67. The van der Waals surface area contributed by atoms with E-state index < -0.39 is 20.4 Å². The van der Waals surface area contributed by atoms with E-state index in [4.69, 9.17) is 8.37 Å². The minimum absolute atomic E-state index is 0.657. The van der Waals surface area contributed by atoms with E-state index in [2.05, 4.69) is 6.92 Å². The van der Waals surface area contributed by atoms with Crippen LogP contribution in [-0.4, -0.2) is 33.8 Å². The van der Waals surface area contributed by atoms with Crippen molar-refractivity contribution < 1.29 is 16.8 Å². The fourth-order valence-corrected chi connectivity index (χ4v) is 7.94. The summed E-state index contributed by atoms with van der Waals surface area (Å²) in [5.41, 5.74) is 0. The van der Waals surface area contributed by atoms with Crippen LogP contribution in [0.3, 0.4) is 0 Å². The predicted octanol–water partition coefficient (Wildman–Crippen LogP) is 8.64. The first-order chi connectivity index (χ1) is 15.8. The summed E-state index contributed by atoms with van der Waals surface area (Å²) in [7, 11) is -5.45. The van der Waals surface area contributed by atoms with Crippen LogP contribution >= 0.6 is 10.3 Å². The van der Waals surface area contributed by atoms with Crippen LogP contribution in [0.15, 0.2) is 29.2 Å². The second-order valence-electron chi connectivity index (χ2n) is 9.60. The molecule has 0 fully saturated rings. The molecule has 0 aliphatic carbocycles. The number of rotatable bonds is 21. The van der Waals surface area contributed by atoms with Crippen LogP contribution in [0.4, 0.5) is 0 Å². The van der Waals surface area contributed by atoms with E-state index in [0.29, 0.717) is 6.61 Å². The van der Waals surface area contributed by atoms with Crippen molar-refractivity contribution in [3.8, 4) is 5.75 Å². The topological polar surface area (TPSA) is 52.6 Å². The highest BCUT2D eigenvalue weighted by atomic mass is 32.3. The van der Waals surface area contributed by atoms with E-state index in [1.54, 1.807) is 0 Å². The summed E-state index contributed by atoms with van der Waals surface area (Å²) < 4.78 is 34.6. The van der Waals surface area contributed by atoms with Crippen LogP contribution in [0.25, 0.3) is 0 Å². The summed E-state index contributed by atoms with van der Waals surface area (Å²) in [6, 6.07) is 7.63. The van der Waals surface area contributed by atoms with Crippen molar-refractivity contribution in [1.82, 2.24) is 0 Å². The van der Waals surface area contributed by atoms with Gasteiger partial charge in [-0.2, -0.15) is 8.42 Å². The summed E-state index contributed by atoms with van der Waals surface area (Å²) in [6.07, 6.45) is 26.4. The Hall–Kier alpha value is -0.720. The molecule has 0 atom stereocenters. The average Bonchev–Trinajstić information content (AvgIpc) is 2.74. The smallest absolute Gasteiger partial charge is 0.273 e. The standard InChI is InChI=1S/C27H50O4S2/c1-5-6-7-8-9-10-11-12-13-14-15-16-17-18-19-22-25-30-26-23-20-21-24-27(26)32(2,3)31-33(4,28)29/h20-21,23-24H,5-19,22,25H2,1-4H3. The molecule has 1 rings (SSSR count). The molecule has 33 heavy (non-hydrogen) atoms. The lowest BCUT2D eigenvalue weighted by Gasteiger charge is -2.31. The van der Waals surface area contributed by atoms with Gasteiger partial charge in [-0.15, -0.1) is 0 Å². The SMILES string of the molecule is CCCCCCCCCCCCCCCCCCOc1ccccc1S(C)(C)OS(C)(=O)=O. The van der Waals surface area contributed by atoms with Crippen LogP contribution in [0.5, 0.6) is 5.75 Å². The number of ether oxygens (including phenoxy) is 1. The van der Waals surface area contributed by atoms with Gasteiger partial charge in [-0.05, 0) is 31.1 Å². The lowest BCUT2D eigenvalue weighted by atomic mass is 10.0. The normalized spacial score (nSPS) is 12.7. The zero-order valence-electron chi connectivity index (χ0n) is 21.8. The summed E-state index contributed by atoms with van der Waals surface area (Å²) in [5, 5.41) is 0. The molecule has 1 aromatic carbocycles. The van der Waals surface area contributed by atoms with E-state index >= 15 is 0 Å². The molecule has 0 spiro atoms. The molecule has 0 unspecified atom stereocenters. The fraction of sp³-hybridized carbons (Fsp3) is 0.778. The van der Waals surface area contributed by atoms with Gasteiger partial charge in [0.05, 0.1) is 17.8 Å². The highest BCUT2D eigenvalue weighted by molar-refractivity contribution is 8.32. The Morgan fingerprint density at radius 1 is 0.636 bits per heavy atom. The Balaban J connectivity index is 2.05. The fourth-order valence-electron chi connectivity index (χ4n) is 4.15. The monoisotopic (exact) mass is 502 g/mol. The zero-order chi connectivity index (χ0) is 24.4. The number of benzene rings is 1. The Morgan fingerprint density at radius 2 is 1.06 bits per heavy atom. The maximum absolute atomic E-state index is 11.6. The molecule has 6 heteroatoms. The largest absolute Gasteiger partial charge is 0.492 e. The van der Waals surface area contributed by atoms with E-state index in [1.165, 1.54) is 96.3 Å². The molecule has 1 aromatic rings. The van der Waals surface area contributed by atoms with Gasteiger partial charge in [0, 0.05) is 0 Å². The Morgan fingerprint density at radius 3 is 1.52 bits per heavy atom. The van der Waals surface area contributed by atoms with Gasteiger partial charge in [-0.1, -0.05) is 126 Å². The molecular weight excluding hydrogens is 452 g/mol. The van der Waals surface area contributed by atoms with Gasteiger partial charge in [0.25, 0.3) is 10.1 Å². The van der Waals surface area contributed by atoms with Crippen LogP contribution in [0.2, 0.25) is 0 Å². The van der Waals surface area contributed by atoms with Gasteiger partial charge >= 0.3 is 0 Å². The second-order valence-corrected chi connectivity index (χ2v) is 14.5. The van der Waals surface area contributed by atoms with Crippen molar-refractivity contribution in [2.75, 3.05) is 25.4 Å². The van der Waals surface area contributed by atoms with Crippen LogP contribution < -0.4 is 4.74 Å². The maximum Gasteiger partial charge on any atom is 0.273 e. The van der Waals surface area contributed by atoms with Gasteiger partial charge in [0.2, 0.25) is 0 Å². The molecule has 0 amide bonds. The first-order valence-electron chi connectivity index (χ1n) is 13.1. The minimum atomic E-state index is -3.52. The predicted molar refractivity (Wildman–Crippen MR) is 145 cm³/mol. The number of hydrogen-bond donors (Lipinski definition) is 0. The highest BCUT2D eigenvalue weighted by Crippen LogP contribution is 2.55. The van der Waals surface area contributed by atoms with Crippen molar-refractivity contribution >= 4 is 20.4 Å². The zero-order valence-corrected chi connectivity index (χ0v) is 23.4. The van der Waals surface area contributed by atoms with Crippen LogP contribution in [0, 0.1) is 0 Å². The van der Waals surface area contributed by atoms with Crippen molar-refractivity contribution in [2.45, 2.75) is 115 Å². The van der Waals surface area contributed by atoms with Crippen molar-refractivity contribution in [3.05, 3.63) is 24.3 Å². The first kappa shape index (κ1) is 30.3. The Kier molecular flexibility index (Phi) is 16.2. The number of para-hydroxylation sites is 1. The van der Waals surface area contributed by atoms with Gasteiger partial charge in [0.15, 0.2) is 0 Å². The quantitative estimate of drug-likeness (QED) is 0.158. The van der Waals surface area contributed by atoms with Crippen molar-refractivity contribution in [1.29, 1.82) is 0 Å². The lowest BCUT2D eigenvalue weighted by Crippen LogP contribution is -2.10. The molecule has 0 saturated carbocycles. The van der Waals surface area contributed by atoms with Crippen LogP contribution in [-0.2, 0) is 13.7 Å². The minimum Gasteiger partial charge on any atom is -0.492 e. The number of unbranched alkanes of at least 4 members (excludes halogenated alkanes) is 15. The third kappa shape index (κ3) is 15.7. The summed E-state index contributed by atoms with van der Waals surface area (Å²) in [6.45, 7) is 2.93. The average molecular weight is 503 g/mol. The third-order valence-electron chi connectivity index (χ3n) is 5.93. The molecule has 4 nitrogen and oxygen atoms in total. The van der Waals surface area contributed by atoms with E-state index in [0.717, 1.165) is 23.3 Å². The molecule has 194 valence electrons. The molecule has 0 bridgehead atoms. The molecule has 0 aliphatic rings. The van der Waals surface area contributed by atoms with Crippen molar-refractivity contribution in [3.63, 3.8) is 0 Å². The first-order valence-corrected chi connectivity index (χ1v) is 17.3. The molecule has 0 aromatic heterocycles. The molecule has 0 saturated heterocycles.